The molecular formula is C13H19N5OS. The molecule has 0 spiro atoms. The molecule has 2 rings (SSSR count). The third kappa shape index (κ3) is 3.16. The number of nitrogens with zero attached hydrogens (tertiary/aromatic N) is 2. The summed E-state index contributed by atoms with van der Waals surface area (Å²) in [6, 6.07) is 2.03. The SMILES string of the molecule is CCc1cc2c(NC(C)CC(N)=O)nc(NC)nc2s1. The fourth-order valence-corrected chi connectivity index (χ4v) is 2.92. The zero-order chi connectivity index (χ0) is 14.7. The van der Waals surface area contributed by atoms with Crippen molar-refractivity contribution >= 4 is 39.2 Å². The van der Waals surface area contributed by atoms with Crippen LogP contribution in [0, 0.1) is 0 Å². The highest BCUT2D eigenvalue weighted by atomic mass is 32.1. The average Bonchev–Trinajstić information content (AvgIpc) is 2.80. The summed E-state index contributed by atoms with van der Waals surface area (Å²) in [5.74, 6) is 0.975. The van der Waals surface area contributed by atoms with Crippen LogP contribution in [0.3, 0.4) is 0 Å². The molecular weight excluding hydrogens is 274 g/mol. The van der Waals surface area contributed by atoms with Crippen molar-refractivity contribution in [2.45, 2.75) is 32.7 Å². The molecule has 0 saturated carbocycles. The van der Waals surface area contributed by atoms with Gasteiger partial charge in [-0.2, -0.15) is 4.98 Å². The van der Waals surface area contributed by atoms with Gasteiger partial charge in [-0.1, -0.05) is 6.92 Å². The molecule has 2 aromatic rings. The maximum atomic E-state index is 11.0. The van der Waals surface area contributed by atoms with Gasteiger partial charge in [0.2, 0.25) is 11.9 Å². The van der Waals surface area contributed by atoms with E-state index in [2.05, 4.69) is 33.6 Å². The van der Waals surface area contributed by atoms with Gasteiger partial charge in [0.15, 0.2) is 0 Å². The molecule has 0 aromatic carbocycles. The van der Waals surface area contributed by atoms with Crippen LogP contribution >= 0.6 is 11.3 Å². The van der Waals surface area contributed by atoms with Crippen LogP contribution in [-0.2, 0) is 11.2 Å². The van der Waals surface area contributed by atoms with Gasteiger partial charge in [0, 0.05) is 24.4 Å². The lowest BCUT2D eigenvalue weighted by Gasteiger charge is -2.14. The van der Waals surface area contributed by atoms with Crippen LogP contribution in [0.5, 0.6) is 0 Å². The Morgan fingerprint density at radius 2 is 2.25 bits per heavy atom. The van der Waals surface area contributed by atoms with Crippen molar-refractivity contribution in [1.29, 1.82) is 0 Å². The Balaban J connectivity index is 2.38. The Kier molecular flexibility index (Phi) is 4.39. The lowest BCUT2D eigenvalue weighted by molar-refractivity contribution is -0.118. The summed E-state index contributed by atoms with van der Waals surface area (Å²) in [5.41, 5.74) is 5.22. The van der Waals surface area contributed by atoms with E-state index in [0.717, 1.165) is 22.5 Å². The van der Waals surface area contributed by atoms with Crippen molar-refractivity contribution in [3.05, 3.63) is 10.9 Å². The van der Waals surface area contributed by atoms with Gasteiger partial charge in [0.1, 0.15) is 10.6 Å². The van der Waals surface area contributed by atoms with E-state index in [4.69, 9.17) is 5.73 Å². The zero-order valence-electron chi connectivity index (χ0n) is 11.9. The lowest BCUT2D eigenvalue weighted by atomic mass is 10.2. The Hall–Kier alpha value is -1.89. The number of carbonyl (C=O) groups excluding carboxylic acids is 1. The molecule has 0 radical (unpaired) electrons. The number of aromatic nitrogens is 2. The van der Waals surface area contributed by atoms with Gasteiger partial charge in [0.25, 0.3) is 0 Å². The van der Waals surface area contributed by atoms with Crippen LogP contribution in [0.15, 0.2) is 6.07 Å². The number of rotatable bonds is 6. The van der Waals surface area contributed by atoms with Crippen molar-refractivity contribution in [1.82, 2.24) is 9.97 Å². The van der Waals surface area contributed by atoms with Gasteiger partial charge in [-0.3, -0.25) is 4.79 Å². The molecule has 2 aromatic heterocycles. The van der Waals surface area contributed by atoms with Crippen molar-refractivity contribution < 1.29 is 4.79 Å². The fraction of sp³-hybridized carbons (Fsp3) is 0.462. The van der Waals surface area contributed by atoms with E-state index < -0.39 is 0 Å². The highest BCUT2D eigenvalue weighted by molar-refractivity contribution is 7.18. The Bertz CT molecular complexity index is 624. The first-order valence-electron chi connectivity index (χ1n) is 6.56. The van der Waals surface area contributed by atoms with E-state index >= 15 is 0 Å². The molecule has 0 aliphatic rings. The standard InChI is InChI=1S/C13H19N5OS/c1-4-8-6-9-11(16-7(2)5-10(14)19)17-13(15-3)18-12(9)20-8/h6-7H,4-5H2,1-3H3,(H2,14,19)(H2,15,16,17,18). The highest BCUT2D eigenvalue weighted by Gasteiger charge is 2.13. The molecule has 1 amide bonds. The van der Waals surface area contributed by atoms with E-state index in [1.54, 1.807) is 18.4 Å². The Morgan fingerprint density at radius 1 is 1.50 bits per heavy atom. The van der Waals surface area contributed by atoms with Crippen molar-refractivity contribution in [2.24, 2.45) is 5.73 Å². The Morgan fingerprint density at radius 3 is 2.85 bits per heavy atom. The van der Waals surface area contributed by atoms with Gasteiger partial charge in [-0.05, 0) is 19.4 Å². The van der Waals surface area contributed by atoms with Crippen molar-refractivity contribution in [2.75, 3.05) is 17.7 Å². The molecule has 2 heterocycles. The lowest BCUT2D eigenvalue weighted by Crippen LogP contribution is -2.24. The van der Waals surface area contributed by atoms with Crippen LogP contribution in [0.2, 0.25) is 0 Å². The number of aryl methyl sites for hydroxylation is 1. The topological polar surface area (TPSA) is 92.9 Å². The molecule has 0 aliphatic heterocycles. The van der Waals surface area contributed by atoms with E-state index in [1.807, 2.05) is 6.92 Å². The maximum Gasteiger partial charge on any atom is 0.225 e. The molecule has 20 heavy (non-hydrogen) atoms. The molecule has 0 fully saturated rings. The second kappa shape index (κ2) is 6.04. The summed E-state index contributed by atoms with van der Waals surface area (Å²) in [6.45, 7) is 4.02. The van der Waals surface area contributed by atoms with Gasteiger partial charge < -0.3 is 16.4 Å². The number of hydrogen-bond acceptors (Lipinski definition) is 6. The molecule has 1 atom stereocenters. The average molecular weight is 293 g/mol. The molecule has 1 unspecified atom stereocenters. The first kappa shape index (κ1) is 14.5. The molecule has 0 aliphatic carbocycles. The van der Waals surface area contributed by atoms with E-state index in [9.17, 15) is 4.79 Å². The molecule has 0 bridgehead atoms. The van der Waals surface area contributed by atoms with Gasteiger partial charge >= 0.3 is 0 Å². The smallest absolute Gasteiger partial charge is 0.225 e. The monoisotopic (exact) mass is 293 g/mol. The molecule has 6 nitrogen and oxygen atoms in total. The second-order valence-corrected chi connectivity index (χ2v) is 5.76. The number of fused-ring (bicyclic) bond motifs is 1. The largest absolute Gasteiger partial charge is 0.370 e. The number of nitrogens with two attached hydrogens (primary N) is 1. The Labute approximate surface area is 121 Å². The predicted molar refractivity (Wildman–Crippen MR) is 83.2 cm³/mol. The van der Waals surface area contributed by atoms with Crippen molar-refractivity contribution in [3.63, 3.8) is 0 Å². The number of hydrogen-bond donors (Lipinski definition) is 3. The number of primary amides is 1. The summed E-state index contributed by atoms with van der Waals surface area (Å²) in [5, 5.41) is 7.18. The van der Waals surface area contributed by atoms with Crippen LogP contribution in [0.4, 0.5) is 11.8 Å². The van der Waals surface area contributed by atoms with Gasteiger partial charge in [-0.25, -0.2) is 4.98 Å². The minimum absolute atomic E-state index is 0.0692. The normalized spacial score (nSPS) is 12.3. The van der Waals surface area contributed by atoms with Gasteiger partial charge in [0.05, 0.1) is 5.39 Å². The third-order valence-electron chi connectivity index (χ3n) is 2.91. The second-order valence-electron chi connectivity index (χ2n) is 4.65. The van der Waals surface area contributed by atoms with E-state index in [-0.39, 0.29) is 18.4 Å². The first-order valence-corrected chi connectivity index (χ1v) is 7.38. The van der Waals surface area contributed by atoms with E-state index in [1.165, 1.54) is 4.88 Å². The minimum Gasteiger partial charge on any atom is -0.370 e. The molecule has 108 valence electrons. The number of thiophene rings is 1. The summed E-state index contributed by atoms with van der Waals surface area (Å²) in [7, 11) is 1.78. The summed E-state index contributed by atoms with van der Waals surface area (Å²) < 4.78 is 0. The first-order chi connectivity index (χ1) is 9.53. The minimum atomic E-state index is -0.330. The van der Waals surface area contributed by atoms with Crippen LogP contribution in [0.25, 0.3) is 10.2 Å². The molecule has 4 N–H and O–H groups in total. The van der Waals surface area contributed by atoms with E-state index in [0.29, 0.717) is 5.95 Å². The number of amides is 1. The van der Waals surface area contributed by atoms with Crippen LogP contribution < -0.4 is 16.4 Å². The summed E-state index contributed by atoms with van der Waals surface area (Å²) in [6.07, 6.45) is 1.23. The number of carbonyl (C=O) groups is 1. The predicted octanol–water partition coefficient (Wildman–Crippen LogP) is 1.97. The van der Waals surface area contributed by atoms with Crippen molar-refractivity contribution in [3.8, 4) is 0 Å². The highest BCUT2D eigenvalue weighted by Crippen LogP contribution is 2.30. The van der Waals surface area contributed by atoms with Gasteiger partial charge in [-0.15, -0.1) is 11.3 Å². The molecule has 0 saturated heterocycles. The zero-order valence-corrected chi connectivity index (χ0v) is 12.7. The summed E-state index contributed by atoms with van der Waals surface area (Å²) >= 11 is 1.66. The summed E-state index contributed by atoms with van der Waals surface area (Å²) in [4.78, 5) is 22.1. The van der Waals surface area contributed by atoms with Crippen LogP contribution in [-0.4, -0.2) is 29.0 Å². The fourth-order valence-electron chi connectivity index (χ4n) is 1.95. The quantitative estimate of drug-likeness (QED) is 0.757. The number of nitrogens with one attached hydrogen (secondary N) is 2. The maximum absolute atomic E-state index is 11.0. The number of anilines is 2. The van der Waals surface area contributed by atoms with Crippen LogP contribution in [0.1, 0.15) is 25.1 Å². The molecule has 7 heteroatoms. The third-order valence-corrected chi connectivity index (χ3v) is 4.08.